The van der Waals surface area contributed by atoms with Crippen molar-refractivity contribution in [1.29, 1.82) is 5.26 Å². The van der Waals surface area contributed by atoms with Crippen LogP contribution in [0.2, 0.25) is 0 Å². The number of nitriles is 1. The van der Waals surface area contributed by atoms with Gasteiger partial charge in [-0.3, -0.25) is 4.79 Å². The third-order valence-corrected chi connectivity index (χ3v) is 3.81. The van der Waals surface area contributed by atoms with Gasteiger partial charge in [-0.05, 0) is 19.8 Å². The van der Waals surface area contributed by atoms with E-state index in [1.807, 2.05) is 6.07 Å². The minimum atomic E-state index is -0.831. The van der Waals surface area contributed by atoms with Crippen LogP contribution >= 0.6 is 0 Å². The van der Waals surface area contributed by atoms with Gasteiger partial charge in [0, 0.05) is 18.4 Å². The highest BCUT2D eigenvalue weighted by atomic mass is 16.4. The molecule has 0 bridgehead atoms. The molecular weight excluding hydrogens is 244 g/mol. The van der Waals surface area contributed by atoms with Gasteiger partial charge in [-0.1, -0.05) is 12.8 Å². The molecule has 0 aliphatic heterocycles. The van der Waals surface area contributed by atoms with Gasteiger partial charge in [0.2, 0.25) is 0 Å². The number of rotatable bonds is 3. The first-order chi connectivity index (χ1) is 9.08. The number of aromatic nitrogens is 2. The molecule has 19 heavy (non-hydrogen) atoms. The standard InChI is InChI=1S/C13H16N4O2/c1-13(12(18)19)5-3-2-4-10(13)17-11-9(8-14)15-6-7-16-11/h6-7,10H,2-5H2,1H3,(H,16,17)(H,18,19). The van der Waals surface area contributed by atoms with Gasteiger partial charge in [0.15, 0.2) is 11.5 Å². The molecule has 0 radical (unpaired) electrons. The van der Waals surface area contributed by atoms with E-state index >= 15 is 0 Å². The highest BCUT2D eigenvalue weighted by Gasteiger charge is 2.43. The van der Waals surface area contributed by atoms with E-state index in [-0.39, 0.29) is 11.7 Å². The normalized spacial score (nSPS) is 26.4. The molecular formula is C13H16N4O2. The van der Waals surface area contributed by atoms with Crippen LogP contribution in [0.3, 0.4) is 0 Å². The van der Waals surface area contributed by atoms with E-state index in [0.29, 0.717) is 12.2 Å². The molecule has 1 aliphatic carbocycles. The van der Waals surface area contributed by atoms with Crippen molar-refractivity contribution >= 4 is 11.8 Å². The van der Waals surface area contributed by atoms with Crippen LogP contribution < -0.4 is 5.32 Å². The predicted octanol–water partition coefficient (Wildman–Crippen LogP) is 1.79. The molecule has 1 aliphatic rings. The van der Waals surface area contributed by atoms with E-state index in [0.717, 1.165) is 19.3 Å². The lowest BCUT2D eigenvalue weighted by Crippen LogP contribution is -2.46. The van der Waals surface area contributed by atoms with Crippen molar-refractivity contribution in [3.8, 4) is 6.07 Å². The number of aliphatic carboxylic acids is 1. The minimum absolute atomic E-state index is 0.195. The quantitative estimate of drug-likeness (QED) is 0.859. The Morgan fingerprint density at radius 1 is 1.53 bits per heavy atom. The van der Waals surface area contributed by atoms with Crippen molar-refractivity contribution in [3.05, 3.63) is 18.1 Å². The zero-order chi connectivity index (χ0) is 13.9. The Labute approximate surface area is 111 Å². The van der Waals surface area contributed by atoms with Crippen LogP contribution in [-0.4, -0.2) is 27.1 Å². The average molecular weight is 260 g/mol. The SMILES string of the molecule is CC1(C(=O)O)CCCCC1Nc1nccnc1C#N. The van der Waals surface area contributed by atoms with Gasteiger partial charge < -0.3 is 10.4 Å². The van der Waals surface area contributed by atoms with Gasteiger partial charge in [-0.2, -0.15) is 5.26 Å². The number of nitrogens with zero attached hydrogens (tertiary/aromatic N) is 3. The van der Waals surface area contributed by atoms with Gasteiger partial charge in [0.05, 0.1) is 5.41 Å². The van der Waals surface area contributed by atoms with Crippen molar-refractivity contribution < 1.29 is 9.90 Å². The highest BCUT2D eigenvalue weighted by Crippen LogP contribution is 2.38. The van der Waals surface area contributed by atoms with Gasteiger partial charge in [0.1, 0.15) is 6.07 Å². The topological polar surface area (TPSA) is 98.9 Å². The Morgan fingerprint density at radius 3 is 2.95 bits per heavy atom. The van der Waals surface area contributed by atoms with E-state index in [4.69, 9.17) is 5.26 Å². The molecule has 100 valence electrons. The van der Waals surface area contributed by atoms with Crippen LogP contribution in [0.1, 0.15) is 38.3 Å². The first kappa shape index (κ1) is 13.3. The molecule has 2 rings (SSSR count). The van der Waals surface area contributed by atoms with Crippen molar-refractivity contribution in [2.75, 3.05) is 5.32 Å². The van der Waals surface area contributed by atoms with Gasteiger partial charge >= 0.3 is 5.97 Å². The molecule has 2 N–H and O–H groups in total. The Hall–Kier alpha value is -2.16. The maximum absolute atomic E-state index is 11.5. The molecule has 6 nitrogen and oxygen atoms in total. The number of anilines is 1. The number of nitrogens with one attached hydrogen (secondary N) is 1. The van der Waals surface area contributed by atoms with Crippen molar-refractivity contribution in [2.45, 2.75) is 38.6 Å². The smallest absolute Gasteiger partial charge is 0.311 e. The first-order valence-corrected chi connectivity index (χ1v) is 6.29. The molecule has 1 aromatic rings. The van der Waals surface area contributed by atoms with Crippen molar-refractivity contribution in [2.24, 2.45) is 5.41 Å². The third kappa shape index (κ3) is 2.50. The Morgan fingerprint density at radius 2 is 2.26 bits per heavy atom. The fraction of sp³-hybridized carbons (Fsp3) is 0.538. The minimum Gasteiger partial charge on any atom is -0.481 e. The Kier molecular flexibility index (Phi) is 3.65. The molecule has 1 saturated carbocycles. The number of hydrogen-bond donors (Lipinski definition) is 2. The number of carboxylic acids is 1. The molecule has 0 spiro atoms. The lowest BCUT2D eigenvalue weighted by Gasteiger charge is -2.38. The summed E-state index contributed by atoms with van der Waals surface area (Å²) in [7, 11) is 0. The second-order valence-electron chi connectivity index (χ2n) is 5.03. The van der Waals surface area contributed by atoms with E-state index in [9.17, 15) is 9.90 Å². The van der Waals surface area contributed by atoms with Crippen LogP contribution in [0.5, 0.6) is 0 Å². The molecule has 6 heteroatoms. The van der Waals surface area contributed by atoms with E-state index in [2.05, 4.69) is 15.3 Å². The summed E-state index contributed by atoms with van der Waals surface area (Å²) in [5.41, 5.74) is -0.636. The molecule has 0 aromatic carbocycles. The highest BCUT2D eigenvalue weighted by molar-refractivity contribution is 5.76. The Bertz CT molecular complexity index is 526. The van der Waals surface area contributed by atoms with Crippen LogP contribution in [0, 0.1) is 16.7 Å². The summed E-state index contributed by atoms with van der Waals surface area (Å²) in [6.07, 6.45) is 6.20. The average Bonchev–Trinajstić information content (AvgIpc) is 2.42. The summed E-state index contributed by atoms with van der Waals surface area (Å²) >= 11 is 0. The lowest BCUT2D eigenvalue weighted by molar-refractivity contribution is -0.150. The van der Waals surface area contributed by atoms with E-state index in [1.165, 1.54) is 12.4 Å². The number of carbonyl (C=O) groups is 1. The van der Waals surface area contributed by atoms with Crippen LogP contribution in [0.15, 0.2) is 12.4 Å². The summed E-state index contributed by atoms with van der Waals surface area (Å²) in [5.74, 6) is -0.448. The first-order valence-electron chi connectivity index (χ1n) is 6.29. The zero-order valence-electron chi connectivity index (χ0n) is 10.8. The maximum Gasteiger partial charge on any atom is 0.311 e. The third-order valence-electron chi connectivity index (χ3n) is 3.81. The molecule has 1 aromatic heterocycles. The van der Waals surface area contributed by atoms with Crippen LogP contribution in [0.25, 0.3) is 0 Å². The van der Waals surface area contributed by atoms with Gasteiger partial charge in [0.25, 0.3) is 0 Å². The Balaban J connectivity index is 2.26. The van der Waals surface area contributed by atoms with Crippen molar-refractivity contribution in [3.63, 3.8) is 0 Å². The fourth-order valence-electron chi connectivity index (χ4n) is 2.51. The molecule has 1 fully saturated rings. The summed E-state index contributed by atoms with van der Waals surface area (Å²) in [6, 6.07) is 1.72. The zero-order valence-corrected chi connectivity index (χ0v) is 10.8. The monoisotopic (exact) mass is 260 g/mol. The lowest BCUT2D eigenvalue weighted by atomic mass is 9.71. The summed E-state index contributed by atoms with van der Waals surface area (Å²) in [5, 5.41) is 21.5. The summed E-state index contributed by atoms with van der Waals surface area (Å²) in [4.78, 5) is 19.5. The largest absolute Gasteiger partial charge is 0.481 e. The molecule has 1 heterocycles. The molecule has 0 saturated heterocycles. The van der Waals surface area contributed by atoms with Crippen LogP contribution in [0.4, 0.5) is 5.82 Å². The predicted molar refractivity (Wildman–Crippen MR) is 68.4 cm³/mol. The van der Waals surface area contributed by atoms with Gasteiger partial charge in [-0.15, -0.1) is 0 Å². The van der Waals surface area contributed by atoms with E-state index in [1.54, 1.807) is 6.92 Å². The maximum atomic E-state index is 11.5. The van der Waals surface area contributed by atoms with Crippen LogP contribution in [-0.2, 0) is 4.79 Å². The second kappa shape index (κ2) is 5.22. The van der Waals surface area contributed by atoms with Crippen molar-refractivity contribution in [1.82, 2.24) is 9.97 Å². The summed E-state index contributed by atoms with van der Waals surface area (Å²) in [6.45, 7) is 1.74. The summed E-state index contributed by atoms with van der Waals surface area (Å²) < 4.78 is 0. The number of hydrogen-bond acceptors (Lipinski definition) is 5. The number of carboxylic acid groups (broad SMARTS) is 1. The van der Waals surface area contributed by atoms with Gasteiger partial charge in [-0.25, -0.2) is 9.97 Å². The second-order valence-corrected chi connectivity index (χ2v) is 5.03. The van der Waals surface area contributed by atoms with E-state index < -0.39 is 11.4 Å². The molecule has 2 unspecified atom stereocenters. The molecule has 0 amide bonds. The fourth-order valence-corrected chi connectivity index (χ4v) is 2.51. The molecule has 2 atom stereocenters.